The van der Waals surface area contributed by atoms with Gasteiger partial charge in [0, 0.05) is 22.1 Å². The van der Waals surface area contributed by atoms with Gasteiger partial charge < -0.3 is 15.0 Å². The lowest BCUT2D eigenvalue weighted by Crippen LogP contribution is -2.51. The van der Waals surface area contributed by atoms with Crippen molar-refractivity contribution in [2.45, 2.75) is 64.6 Å². The van der Waals surface area contributed by atoms with E-state index in [0.29, 0.717) is 17.3 Å². The number of nitrogens with zero attached hydrogens (tertiary/aromatic N) is 1. The predicted octanol–water partition coefficient (Wildman–Crippen LogP) is 5.66. The van der Waals surface area contributed by atoms with Gasteiger partial charge in [0.25, 0.3) is 5.91 Å². The number of nitrogens with one attached hydrogen (secondary N) is 1. The van der Waals surface area contributed by atoms with Crippen LogP contribution in [0.2, 0.25) is 5.02 Å². The summed E-state index contributed by atoms with van der Waals surface area (Å²) in [4.78, 5) is 27.7. The molecule has 0 bridgehead atoms. The van der Waals surface area contributed by atoms with Crippen molar-refractivity contribution in [2.24, 2.45) is 0 Å². The Kier molecular flexibility index (Phi) is 9.00. The van der Waals surface area contributed by atoms with E-state index in [1.165, 1.54) is 6.42 Å². The van der Waals surface area contributed by atoms with E-state index < -0.39 is 6.04 Å². The van der Waals surface area contributed by atoms with Crippen LogP contribution < -0.4 is 10.1 Å². The monoisotopic (exact) mass is 520 g/mol. The molecule has 2 amide bonds. The van der Waals surface area contributed by atoms with Crippen molar-refractivity contribution in [2.75, 3.05) is 6.61 Å². The van der Waals surface area contributed by atoms with Gasteiger partial charge in [-0.3, -0.25) is 9.59 Å². The SMILES string of the molecule is Cc1cc(OCC(=O)N(Cc2ccc(Cl)cc2)C(C)C(=O)NC2CCCCC2)ccc1Br. The van der Waals surface area contributed by atoms with Crippen molar-refractivity contribution in [3.63, 3.8) is 0 Å². The van der Waals surface area contributed by atoms with Gasteiger partial charge in [0.15, 0.2) is 6.61 Å². The molecule has 1 aliphatic rings. The standard InChI is InChI=1S/C25H30BrClN2O3/c1-17-14-22(12-13-23(17)26)32-16-24(30)29(15-19-8-10-20(27)11-9-19)18(2)25(31)28-21-6-4-3-5-7-21/h8-14,18,21H,3-7,15-16H2,1-2H3,(H,28,31). The third-order valence-electron chi connectivity index (χ3n) is 5.88. The highest BCUT2D eigenvalue weighted by Crippen LogP contribution is 2.22. The second-order valence-electron chi connectivity index (χ2n) is 8.37. The quantitative estimate of drug-likeness (QED) is 0.488. The first-order valence-electron chi connectivity index (χ1n) is 11.1. The molecule has 0 heterocycles. The largest absolute Gasteiger partial charge is 0.484 e. The van der Waals surface area contributed by atoms with Gasteiger partial charge in [-0.15, -0.1) is 0 Å². The summed E-state index contributed by atoms with van der Waals surface area (Å²) in [5.74, 6) is 0.246. The molecule has 3 rings (SSSR count). The number of hydrogen-bond donors (Lipinski definition) is 1. The first-order valence-corrected chi connectivity index (χ1v) is 12.2. The minimum Gasteiger partial charge on any atom is -0.484 e. The van der Waals surface area contributed by atoms with Crippen LogP contribution in [0.5, 0.6) is 5.75 Å². The van der Waals surface area contributed by atoms with Crippen LogP contribution in [0.4, 0.5) is 0 Å². The zero-order valence-corrected chi connectivity index (χ0v) is 20.9. The molecule has 1 saturated carbocycles. The number of rotatable bonds is 8. The van der Waals surface area contributed by atoms with Crippen LogP contribution in [0.15, 0.2) is 46.9 Å². The fourth-order valence-electron chi connectivity index (χ4n) is 3.87. The Morgan fingerprint density at radius 2 is 1.84 bits per heavy atom. The summed E-state index contributed by atoms with van der Waals surface area (Å²) in [5, 5.41) is 3.76. The summed E-state index contributed by atoms with van der Waals surface area (Å²) in [6, 6.07) is 12.5. The van der Waals surface area contributed by atoms with Gasteiger partial charge in [-0.2, -0.15) is 0 Å². The lowest BCUT2D eigenvalue weighted by Gasteiger charge is -2.31. The van der Waals surface area contributed by atoms with Gasteiger partial charge in [-0.1, -0.05) is 58.9 Å². The highest BCUT2D eigenvalue weighted by atomic mass is 79.9. The molecular formula is C25H30BrClN2O3. The molecule has 1 unspecified atom stereocenters. The number of ether oxygens (including phenoxy) is 1. The van der Waals surface area contributed by atoms with Crippen LogP contribution in [-0.4, -0.2) is 35.4 Å². The maximum Gasteiger partial charge on any atom is 0.261 e. The summed E-state index contributed by atoms with van der Waals surface area (Å²) in [5.41, 5.74) is 1.92. The fourth-order valence-corrected chi connectivity index (χ4v) is 4.25. The van der Waals surface area contributed by atoms with Crippen molar-refractivity contribution in [3.8, 4) is 5.75 Å². The smallest absolute Gasteiger partial charge is 0.261 e. The van der Waals surface area contributed by atoms with Crippen LogP contribution in [0, 0.1) is 6.92 Å². The minimum absolute atomic E-state index is 0.126. The van der Waals surface area contributed by atoms with Crippen molar-refractivity contribution in [1.82, 2.24) is 10.2 Å². The van der Waals surface area contributed by atoms with Crippen molar-refractivity contribution < 1.29 is 14.3 Å². The molecule has 1 aliphatic carbocycles. The normalized spacial score (nSPS) is 15.1. The topological polar surface area (TPSA) is 58.6 Å². The second-order valence-corrected chi connectivity index (χ2v) is 9.66. The molecule has 172 valence electrons. The molecular weight excluding hydrogens is 492 g/mol. The summed E-state index contributed by atoms with van der Waals surface area (Å²) < 4.78 is 6.74. The molecule has 1 atom stereocenters. The maximum atomic E-state index is 13.2. The summed E-state index contributed by atoms with van der Waals surface area (Å²) in [6.07, 6.45) is 5.47. The van der Waals surface area contributed by atoms with E-state index in [4.69, 9.17) is 16.3 Å². The predicted molar refractivity (Wildman–Crippen MR) is 131 cm³/mol. The summed E-state index contributed by atoms with van der Waals surface area (Å²) in [6.45, 7) is 3.90. The van der Waals surface area contributed by atoms with E-state index in [-0.39, 0.29) is 24.5 Å². The molecule has 1 fully saturated rings. The molecule has 2 aromatic carbocycles. The number of carbonyl (C=O) groups excluding carboxylic acids is 2. The number of carbonyl (C=O) groups is 2. The van der Waals surface area contributed by atoms with Crippen molar-refractivity contribution in [1.29, 1.82) is 0 Å². The van der Waals surface area contributed by atoms with E-state index >= 15 is 0 Å². The number of halogens is 2. The van der Waals surface area contributed by atoms with E-state index in [1.54, 1.807) is 24.0 Å². The molecule has 0 aromatic heterocycles. The number of hydrogen-bond acceptors (Lipinski definition) is 3. The Labute approximate surface area is 203 Å². The summed E-state index contributed by atoms with van der Waals surface area (Å²) >= 11 is 9.47. The fraction of sp³-hybridized carbons (Fsp3) is 0.440. The van der Waals surface area contributed by atoms with Crippen LogP contribution in [0.3, 0.4) is 0 Å². The van der Waals surface area contributed by atoms with Crippen molar-refractivity contribution >= 4 is 39.3 Å². The molecule has 1 N–H and O–H groups in total. The molecule has 0 radical (unpaired) electrons. The molecule has 7 heteroatoms. The van der Waals surface area contributed by atoms with E-state index in [2.05, 4.69) is 21.2 Å². The molecule has 0 saturated heterocycles. The molecule has 0 spiro atoms. The van der Waals surface area contributed by atoms with Gasteiger partial charge in [0.2, 0.25) is 5.91 Å². The lowest BCUT2D eigenvalue weighted by atomic mass is 9.95. The van der Waals surface area contributed by atoms with Gasteiger partial charge in [0.1, 0.15) is 11.8 Å². The lowest BCUT2D eigenvalue weighted by molar-refractivity contribution is -0.142. The van der Waals surface area contributed by atoms with Gasteiger partial charge in [-0.05, 0) is 68.1 Å². The van der Waals surface area contributed by atoms with Crippen LogP contribution >= 0.6 is 27.5 Å². The van der Waals surface area contributed by atoms with Gasteiger partial charge in [0.05, 0.1) is 0 Å². The highest BCUT2D eigenvalue weighted by Gasteiger charge is 2.28. The van der Waals surface area contributed by atoms with Crippen LogP contribution in [0.1, 0.15) is 50.2 Å². The molecule has 2 aromatic rings. The maximum absolute atomic E-state index is 13.2. The third kappa shape index (κ3) is 6.97. The number of benzene rings is 2. The average Bonchev–Trinajstić information content (AvgIpc) is 2.79. The van der Waals surface area contributed by atoms with Gasteiger partial charge in [-0.25, -0.2) is 0 Å². The Hall–Kier alpha value is -2.05. The first kappa shape index (κ1) is 24.6. The Morgan fingerprint density at radius 3 is 2.50 bits per heavy atom. The second kappa shape index (κ2) is 11.7. The number of aryl methyl sites for hydroxylation is 1. The summed E-state index contributed by atoms with van der Waals surface area (Å²) in [7, 11) is 0. The van der Waals surface area contributed by atoms with E-state index in [1.807, 2.05) is 37.3 Å². The van der Waals surface area contributed by atoms with E-state index in [9.17, 15) is 9.59 Å². The van der Waals surface area contributed by atoms with Gasteiger partial charge >= 0.3 is 0 Å². The average molecular weight is 522 g/mol. The minimum atomic E-state index is -0.615. The van der Waals surface area contributed by atoms with E-state index in [0.717, 1.165) is 41.3 Å². The van der Waals surface area contributed by atoms with Crippen LogP contribution in [-0.2, 0) is 16.1 Å². The highest BCUT2D eigenvalue weighted by molar-refractivity contribution is 9.10. The third-order valence-corrected chi connectivity index (χ3v) is 7.02. The molecule has 32 heavy (non-hydrogen) atoms. The Bertz CT molecular complexity index is 929. The zero-order chi connectivity index (χ0) is 23.1. The first-order chi connectivity index (χ1) is 15.3. The Morgan fingerprint density at radius 1 is 1.16 bits per heavy atom. The molecule has 0 aliphatic heterocycles. The van der Waals surface area contributed by atoms with Crippen LogP contribution in [0.25, 0.3) is 0 Å². The Balaban J connectivity index is 1.70. The molecule has 5 nitrogen and oxygen atoms in total. The number of amides is 2. The van der Waals surface area contributed by atoms with Crippen molar-refractivity contribution in [3.05, 3.63) is 63.1 Å². The zero-order valence-electron chi connectivity index (χ0n) is 18.6.